The topological polar surface area (TPSA) is 76.5 Å². The summed E-state index contributed by atoms with van der Waals surface area (Å²) in [7, 11) is 0. The minimum absolute atomic E-state index is 0.0942. The van der Waals surface area contributed by atoms with E-state index in [9.17, 15) is 9.59 Å². The van der Waals surface area contributed by atoms with E-state index in [1.807, 2.05) is 0 Å². The molecule has 16 heavy (non-hydrogen) atoms. The normalized spacial score (nSPS) is 9.88. The molecular weight excluding hydrogens is 234 g/mol. The van der Waals surface area contributed by atoms with Crippen molar-refractivity contribution in [3.05, 3.63) is 28.5 Å². The van der Waals surface area contributed by atoms with Crippen LogP contribution in [0.15, 0.2) is 12.3 Å². The van der Waals surface area contributed by atoms with E-state index in [2.05, 4.69) is 4.98 Å². The third kappa shape index (κ3) is 3.20. The van der Waals surface area contributed by atoms with E-state index in [0.717, 1.165) is 0 Å². The van der Waals surface area contributed by atoms with Gasteiger partial charge in [-0.25, -0.2) is 4.79 Å². The highest BCUT2D eigenvalue weighted by molar-refractivity contribution is 6.30. The largest absolute Gasteiger partial charge is 0.481 e. The molecule has 0 atom stereocenters. The van der Waals surface area contributed by atoms with Crippen LogP contribution in [0, 0.1) is 0 Å². The van der Waals surface area contributed by atoms with Gasteiger partial charge in [-0.05, 0) is 13.0 Å². The summed E-state index contributed by atoms with van der Waals surface area (Å²) in [5.74, 6) is -1.69. The Balaban J connectivity index is 3.07. The van der Waals surface area contributed by atoms with Crippen LogP contribution < -0.4 is 0 Å². The molecule has 0 saturated heterocycles. The highest BCUT2D eigenvalue weighted by Crippen LogP contribution is 2.15. The molecule has 0 saturated carbocycles. The maximum absolute atomic E-state index is 11.5. The smallest absolute Gasteiger partial charge is 0.340 e. The Morgan fingerprint density at radius 2 is 2.25 bits per heavy atom. The minimum atomic E-state index is -1.07. The molecule has 0 aliphatic rings. The van der Waals surface area contributed by atoms with E-state index in [4.69, 9.17) is 21.4 Å². The molecule has 0 aliphatic carbocycles. The lowest BCUT2D eigenvalue weighted by molar-refractivity contribution is -0.136. The van der Waals surface area contributed by atoms with Crippen LogP contribution in [0.3, 0.4) is 0 Å². The highest BCUT2D eigenvalue weighted by atomic mass is 35.5. The van der Waals surface area contributed by atoms with E-state index in [1.54, 1.807) is 6.92 Å². The number of esters is 1. The van der Waals surface area contributed by atoms with E-state index in [1.165, 1.54) is 12.3 Å². The standard InChI is InChI=1S/C10H10ClNO4/c1-2-16-10(15)7-3-6(11)5-12-8(7)4-9(13)14/h3,5H,2,4H2,1H3,(H,13,14). The van der Waals surface area contributed by atoms with Crippen LogP contribution in [0.4, 0.5) is 0 Å². The molecule has 0 fully saturated rings. The molecule has 1 heterocycles. The summed E-state index contributed by atoms with van der Waals surface area (Å²) in [6.45, 7) is 1.87. The number of carbonyl (C=O) groups is 2. The van der Waals surface area contributed by atoms with Crippen molar-refractivity contribution in [2.24, 2.45) is 0 Å². The fraction of sp³-hybridized carbons (Fsp3) is 0.300. The molecule has 1 aromatic heterocycles. The highest BCUT2D eigenvalue weighted by Gasteiger charge is 2.16. The second kappa shape index (κ2) is 5.46. The van der Waals surface area contributed by atoms with Crippen molar-refractivity contribution < 1.29 is 19.4 Å². The first kappa shape index (κ1) is 12.4. The minimum Gasteiger partial charge on any atom is -0.481 e. The quantitative estimate of drug-likeness (QED) is 0.812. The SMILES string of the molecule is CCOC(=O)c1cc(Cl)cnc1CC(=O)O. The molecule has 1 aromatic rings. The van der Waals surface area contributed by atoms with Crippen LogP contribution in [0.5, 0.6) is 0 Å². The number of hydrogen-bond acceptors (Lipinski definition) is 4. The Bertz CT molecular complexity index is 419. The average Bonchev–Trinajstić information content (AvgIpc) is 2.20. The van der Waals surface area contributed by atoms with Crippen molar-refractivity contribution in [1.82, 2.24) is 4.98 Å². The molecule has 1 rings (SSSR count). The summed E-state index contributed by atoms with van der Waals surface area (Å²) in [6, 6.07) is 1.35. The Morgan fingerprint density at radius 1 is 1.56 bits per heavy atom. The van der Waals surface area contributed by atoms with Gasteiger partial charge >= 0.3 is 11.9 Å². The second-order valence-corrected chi connectivity index (χ2v) is 3.38. The van der Waals surface area contributed by atoms with Crippen LogP contribution in [0.1, 0.15) is 23.0 Å². The average molecular weight is 244 g/mol. The number of hydrogen-bond donors (Lipinski definition) is 1. The Labute approximate surface area is 97.0 Å². The lowest BCUT2D eigenvalue weighted by atomic mass is 10.1. The molecule has 86 valence electrons. The predicted octanol–water partition coefficient (Wildman–Crippen LogP) is 1.54. The summed E-state index contributed by atoms with van der Waals surface area (Å²) in [5.41, 5.74) is 0.243. The van der Waals surface area contributed by atoms with E-state index < -0.39 is 11.9 Å². The molecule has 0 unspecified atom stereocenters. The third-order valence-electron chi connectivity index (χ3n) is 1.75. The van der Waals surface area contributed by atoms with Crippen molar-refractivity contribution in [3.63, 3.8) is 0 Å². The van der Waals surface area contributed by atoms with Crippen molar-refractivity contribution in [3.8, 4) is 0 Å². The number of pyridine rings is 1. The molecule has 0 bridgehead atoms. The molecule has 0 radical (unpaired) electrons. The summed E-state index contributed by atoms with van der Waals surface area (Å²) in [6.07, 6.45) is 0.952. The van der Waals surface area contributed by atoms with Gasteiger partial charge in [0.15, 0.2) is 0 Å². The fourth-order valence-electron chi connectivity index (χ4n) is 1.14. The number of rotatable bonds is 4. The van der Waals surface area contributed by atoms with Crippen LogP contribution in [-0.2, 0) is 16.0 Å². The number of halogens is 1. The van der Waals surface area contributed by atoms with E-state index in [-0.39, 0.29) is 29.3 Å². The van der Waals surface area contributed by atoms with Crippen molar-refractivity contribution in [2.75, 3.05) is 6.61 Å². The molecule has 5 nitrogen and oxygen atoms in total. The second-order valence-electron chi connectivity index (χ2n) is 2.94. The molecule has 1 N–H and O–H groups in total. The maximum atomic E-state index is 11.5. The van der Waals surface area contributed by atoms with Crippen LogP contribution in [0.2, 0.25) is 5.02 Å². The summed E-state index contributed by atoms with van der Waals surface area (Å²) >= 11 is 5.68. The number of nitrogens with zero attached hydrogens (tertiary/aromatic N) is 1. The molecular formula is C10H10ClNO4. The fourth-order valence-corrected chi connectivity index (χ4v) is 1.30. The maximum Gasteiger partial charge on any atom is 0.340 e. The molecule has 0 aromatic carbocycles. The van der Waals surface area contributed by atoms with Gasteiger partial charge in [0.2, 0.25) is 0 Å². The van der Waals surface area contributed by atoms with Gasteiger partial charge in [0.1, 0.15) is 0 Å². The van der Waals surface area contributed by atoms with Gasteiger partial charge in [0, 0.05) is 6.20 Å². The Hall–Kier alpha value is -1.62. The zero-order valence-electron chi connectivity index (χ0n) is 8.57. The van der Waals surface area contributed by atoms with Gasteiger partial charge in [-0.1, -0.05) is 11.6 Å². The predicted molar refractivity (Wildman–Crippen MR) is 56.5 cm³/mol. The van der Waals surface area contributed by atoms with Gasteiger partial charge in [0.25, 0.3) is 0 Å². The van der Waals surface area contributed by atoms with E-state index in [0.29, 0.717) is 0 Å². The van der Waals surface area contributed by atoms with Crippen molar-refractivity contribution in [1.29, 1.82) is 0 Å². The van der Waals surface area contributed by atoms with Crippen molar-refractivity contribution in [2.45, 2.75) is 13.3 Å². The lowest BCUT2D eigenvalue weighted by Gasteiger charge is -2.06. The van der Waals surface area contributed by atoms with Crippen LogP contribution in [0.25, 0.3) is 0 Å². The summed E-state index contributed by atoms with van der Waals surface area (Å²) in [4.78, 5) is 25.9. The summed E-state index contributed by atoms with van der Waals surface area (Å²) < 4.78 is 4.77. The first-order valence-corrected chi connectivity index (χ1v) is 4.95. The zero-order chi connectivity index (χ0) is 12.1. The van der Waals surface area contributed by atoms with Crippen LogP contribution >= 0.6 is 11.6 Å². The monoisotopic (exact) mass is 243 g/mol. The number of carboxylic acid groups (broad SMARTS) is 1. The Kier molecular flexibility index (Phi) is 4.25. The number of carbonyl (C=O) groups excluding carboxylic acids is 1. The molecule has 6 heteroatoms. The third-order valence-corrected chi connectivity index (χ3v) is 1.96. The van der Waals surface area contributed by atoms with Crippen molar-refractivity contribution >= 4 is 23.5 Å². The molecule has 0 amide bonds. The van der Waals surface area contributed by atoms with Gasteiger partial charge in [-0.2, -0.15) is 0 Å². The van der Waals surface area contributed by atoms with Crippen LogP contribution in [-0.4, -0.2) is 28.6 Å². The van der Waals surface area contributed by atoms with Gasteiger partial charge in [-0.15, -0.1) is 0 Å². The number of aromatic nitrogens is 1. The van der Waals surface area contributed by atoms with Gasteiger partial charge in [-0.3, -0.25) is 9.78 Å². The first-order valence-electron chi connectivity index (χ1n) is 4.58. The summed E-state index contributed by atoms with van der Waals surface area (Å²) in [5, 5.41) is 8.91. The number of aliphatic carboxylic acids is 1. The Morgan fingerprint density at radius 3 is 2.81 bits per heavy atom. The first-order chi connectivity index (χ1) is 7.54. The molecule has 0 spiro atoms. The van der Waals surface area contributed by atoms with Gasteiger partial charge in [0.05, 0.1) is 29.3 Å². The van der Waals surface area contributed by atoms with Gasteiger partial charge < -0.3 is 9.84 Å². The zero-order valence-corrected chi connectivity index (χ0v) is 9.32. The number of carboxylic acids is 1. The molecule has 0 aliphatic heterocycles. The lowest BCUT2D eigenvalue weighted by Crippen LogP contribution is -2.12. The number of ether oxygens (including phenoxy) is 1. The van der Waals surface area contributed by atoms with E-state index >= 15 is 0 Å².